The number of carbonyl (C=O) groups excluding carboxylic acids is 1. The molecule has 1 amide bonds. The number of hydrogen-bond donors (Lipinski definition) is 2. The fourth-order valence-electron chi connectivity index (χ4n) is 1.83. The zero-order valence-electron chi connectivity index (χ0n) is 10.6. The molecule has 4 heteroatoms. The predicted molar refractivity (Wildman–Crippen MR) is 73.4 cm³/mol. The standard InChI is InChI=1S/C15H15FN2O/c1-10-3-2-4-13(16)14(10)18-9-11-5-7-12(8-6-11)15(17)19/h2-8,18H,9H2,1H3,(H2,17,19). The number of benzene rings is 2. The molecule has 98 valence electrons. The van der Waals surface area contributed by atoms with Crippen LogP contribution in [-0.2, 0) is 6.54 Å². The quantitative estimate of drug-likeness (QED) is 0.886. The summed E-state index contributed by atoms with van der Waals surface area (Å²) in [4.78, 5) is 10.9. The zero-order valence-corrected chi connectivity index (χ0v) is 10.6. The van der Waals surface area contributed by atoms with E-state index in [2.05, 4.69) is 5.32 Å². The van der Waals surface area contributed by atoms with E-state index in [0.717, 1.165) is 11.1 Å². The maximum absolute atomic E-state index is 13.6. The Labute approximate surface area is 111 Å². The van der Waals surface area contributed by atoms with E-state index in [0.29, 0.717) is 17.8 Å². The van der Waals surface area contributed by atoms with Crippen LogP contribution >= 0.6 is 0 Å². The fraction of sp³-hybridized carbons (Fsp3) is 0.133. The van der Waals surface area contributed by atoms with E-state index < -0.39 is 5.91 Å². The number of halogens is 1. The van der Waals surface area contributed by atoms with Crippen LogP contribution in [0.5, 0.6) is 0 Å². The van der Waals surface area contributed by atoms with Gasteiger partial charge in [-0.2, -0.15) is 0 Å². The maximum Gasteiger partial charge on any atom is 0.248 e. The van der Waals surface area contributed by atoms with Crippen molar-refractivity contribution < 1.29 is 9.18 Å². The molecule has 2 aromatic carbocycles. The van der Waals surface area contributed by atoms with Gasteiger partial charge in [0.1, 0.15) is 5.82 Å². The minimum atomic E-state index is -0.454. The topological polar surface area (TPSA) is 55.1 Å². The summed E-state index contributed by atoms with van der Waals surface area (Å²) in [6.45, 7) is 2.34. The molecule has 0 aliphatic rings. The van der Waals surface area contributed by atoms with Crippen LogP contribution in [0, 0.1) is 12.7 Å². The van der Waals surface area contributed by atoms with E-state index in [4.69, 9.17) is 5.73 Å². The van der Waals surface area contributed by atoms with Crippen LogP contribution in [-0.4, -0.2) is 5.91 Å². The molecule has 0 radical (unpaired) electrons. The highest BCUT2D eigenvalue weighted by atomic mass is 19.1. The van der Waals surface area contributed by atoms with Crippen LogP contribution in [0.3, 0.4) is 0 Å². The van der Waals surface area contributed by atoms with Crippen LogP contribution in [0.4, 0.5) is 10.1 Å². The molecule has 0 saturated heterocycles. The first kappa shape index (κ1) is 13.1. The minimum Gasteiger partial charge on any atom is -0.378 e. The number of hydrogen-bond acceptors (Lipinski definition) is 2. The van der Waals surface area contributed by atoms with Crippen molar-refractivity contribution in [1.29, 1.82) is 0 Å². The summed E-state index contributed by atoms with van der Waals surface area (Å²) < 4.78 is 13.6. The van der Waals surface area contributed by atoms with Gasteiger partial charge in [0.05, 0.1) is 5.69 Å². The maximum atomic E-state index is 13.6. The molecule has 2 rings (SSSR count). The summed E-state index contributed by atoms with van der Waals surface area (Å²) in [5.74, 6) is -0.724. The first-order chi connectivity index (χ1) is 9.08. The van der Waals surface area contributed by atoms with Crippen LogP contribution in [0.1, 0.15) is 21.5 Å². The van der Waals surface area contributed by atoms with Gasteiger partial charge in [0.15, 0.2) is 0 Å². The van der Waals surface area contributed by atoms with E-state index in [1.807, 2.05) is 13.0 Å². The number of nitrogens with two attached hydrogens (primary N) is 1. The van der Waals surface area contributed by atoms with Crippen molar-refractivity contribution in [3.8, 4) is 0 Å². The number of carbonyl (C=O) groups is 1. The van der Waals surface area contributed by atoms with Crippen molar-refractivity contribution in [1.82, 2.24) is 0 Å². The summed E-state index contributed by atoms with van der Waals surface area (Å²) in [6, 6.07) is 11.9. The first-order valence-corrected chi connectivity index (χ1v) is 5.95. The Morgan fingerprint density at radius 1 is 1.21 bits per heavy atom. The summed E-state index contributed by atoms with van der Waals surface area (Å²) in [5, 5.41) is 3.06. The van der Waals surface area contributed by atoms with Crippen molar-refractivity contribution >= 4 is 11.6 Å². The monoisotopic (exact) mass is 258 g/mol. The number of amides is 1. The van der Waals surface area contributed by atoms with Crippen molar-refractivity contribution in [2.75, 3.05) is 5.32 Å². The molecule has 0 spiro atoms. The van der Waals surface area contributed by atoms with Crippen molar-refractivity contribution in [2.45, 2.75) is 13.5 Å². The number of aryl methyl sites for hydroxylation is 1. The molecule has 0 aliphatic carbocycles. The SMILES string of the molecule is Cc1cccc(F)c1NCc1ccc(C(N)=O)cc1. The van der Waals surface area contributed by atoms with E-state index in [1.54, 1.807) is 30.3 Å². The van der Waals surface area contributed by atoms with Crippen molar-refractivity contribution in [3.05, 3.63) is 65.0 Å². The van der Waals surface area contributed by atoms with Crippen molar-refractivity contribution in [2.24, 2.45) is 5.73 Å². The lowest BCUT2D eigenvalue weighted by molar-refractivity contribution is 0.100. The van der Waals surface area contributed by atoms with E-state index >= 15 is 0 Å². The molecular weight excluding hydrogens is 243 g/mol. The molecule has 0 saturated carbocycles. The van der Waals surface area contributed by atoms with E-state index in [-0.39, 0.29) is 5.82 Å². The second kappa shape index (κ2) is 5.52. The average molecular weight is 258 g/mol. The summed E-state index contributed by atoms with van der Waals surface area (Å²) in [7, 11) is 0. The van der Waals surface area contributed by atoms with Gasteiger partial charge in [-0.1, -0.05) is 24.3 Å². The second-order valence-corrected chi connectivity index (χ2v) is 4.35. The fourth-order valence-corrected chi connectivity index (χ4v) is 1.83. The third-order valence-corrected chi connectivity index (χ3v) is 2.93. The lowest BCUT2D eigenvalue weighted by Gasteiger charge is -2.10. The molecule has 0 aromatic heterocycles. The summed E-state index contributed by atoms with van der Waals surface area (Å²) in [5.41, 5.74) is 7.94. The van der Waals surface area contributed by atoms with Gasteiger partial charge in [0.25, 0.3) is 0 Å². The molecule has 0 fully saturated rings. The van der Waals surface area contributed by atoms with Crippen molar-refractivity contribution in [3.63, 3.8) is 0 Å². The molecule has 3 nitrogen and oxygen atoms in total. The Bertz CT molecular complexity index is 573. The smallest absolute Gasteiger partial charge is 0.248 e. The Morgan fingerprint density at radius 3 is 2.47 bits per heavy atom. The number of anilines is 1. The Balaban J connectivity index is 2.08. The van der Waals surface area contributed by atoms with Gasteiger partial charge in [-0.15, -0.1) is 0 Å². The van der Waals surface area contributed by atoms with Gasteiger partial charge in [0, 0.05) is 12.1 Å². The average Bonchev–Trinajstić information content (AvgIpc) is 2.38. The lowest BCUT2D eigenvalue weighted by atomic mass is 10.1. The third-order valence-electron chi connectivity index (χ3n) is 2.93. The predicted octanol–water partition coefficient (Wildman–Crippen LogP) is 2.85. The van der Waals surface area contributed by atoms with Gasteiger partial charge in [-0.3, -0.25) is 4.79 Å². The first-order valence-electron chi connectivity index (χ1n) is 5.95. The highest BCUT2D eigenvalue weighted by molar-refractivity contribution is 5.92. The molecule has 0 aliphatic heterocycles. The number of nitrogens with one attached hydrogen (secondary N) is 1. The number of rotatable bonds is 4. The number of para-hydroxylation sites is 1. The molecule has 0 heterocycles. The second-order valence-electron chi connectivity index (χ2n) is 4.35. The Morgan fingerprint density at radius 2 is 1.89 bits per heavy atom. The van der Waals surface area contributed by atoms with Gasteiger partial charge in [-0.25, -0.2) is 4.39 Å². The molecule has 3 N–H and O–H groups in total. The highest BCUT2D eigenvalue weighted by Crippen LogP contribution is 2.19. The van der Waals surface area contributed by atoms with Crippen LogP contribution in [0.25, 0.3) is 0 Å². The Kier molecular flexibility index (Phi) is 3.80. The third kappa shape index (κ3) is 3.10. The molecular formula is C15H15FN2O. The van der Waals surface area contributed by atoms with E-state index in [1.165, 1.54) is 6.07 Å². The lowest BCUT2D eigenvalue weighted by Crippen LogP contribution is -2.11. The Hall–Kier alpha value is -2.36. The van der Waals surface area contributed by atoms with E-state index in [9.17, 15) is 9.18 Å². The molecule has 2 aromatic rings. The largest absolute Gasteiger partial charge is 0.378 e. The van der Waals surface area contributed by atoms with Crippen LogP contribution in [0.15, 0.2) is 42.5 Å². The molecule has 19 heavy (non-hydrogen) atoms. The molecule has 0 unspecified atom stereocenters. The highest BCUT2D eigenvalue weighted by Gasteiger charge is 2.05. The zero-order chi connectivity index (χ0) is 13.8. The normalized spacial score (nSPS) is 10.2. The summed E-state index contributed by atoms with van der Waals surface area (Å²) in [6.07, 6.45) is 0. The minimum absolute atomic E-state index is 0.270. The van der Waals surface area contributed by atoms with Gasteiger partial charge >= 0.3 is 0 Å². The van der Waals surface area contributed by atoms with Crippen LogP contribution < -0.4 is 11.1 Å². The van der Waals surface area contributed by atoms with Gasteiger partial charge in [-0.05, 0) is 36.2 Å². The molecule has 0 atom stereocenters. The van der Waals surface area contributed by atoms with Gasteiger partial charge < -0.3 is 11.1 Å². The molecule has 0 bridgehead atoms. The van der Waals surface area contributed by atoms with Gasteiger partial charge in [0.2, 0.25) is 5.91 Å². The number of primary amides is 1. The van der Waals surface area contributed by atoms with Crippen LogP contribution in [0.2, 0.25) is 0 Å². The summed E-state index contributed by atoms with van der Waals surface area (Å²) >= 11 is 0.